The van der Waals surface area contributed by atoms with Crippen LogP contribution in [0, 0.1) is 0 Å². The van der Waals surface area contributed by atoms with Crippen molar-refractivity contribution in [2.75, 3.05) is 24.3 Å². The molecule has 2 N–H and O–H groups in total. The van der Waals surface area contributed by atoms with Crippen molar-refractivity contribution in [2.24, 2.45) is 0 Å². The average molecular weight is 284 g/mol. The Balaban J connectivity index is 2.27. The maximum Gasteiger partial charge on any atom is 0.258 e. The van der Waals surface area contributed by atoms with Crippen molar-refractivity contribution in [3.8, 4) is 5.75 Å². The summed E-state index contributed by atoms with van der Waals surface area (Å²) in [5, 5.41) is 0. The molecule has 21 heavy (non-hydrogen) atoms. The molecular weight excluding hydrogens is 264 g/mol. The van der Waals surface area contributed by atoms with Crippen LogP contribution in [0.4, 0.5) is 11.4 Å². The van der Waals surface area contributed by atoms with E-state index in [1.54, 1.807) is 48.4 Å². The Morgan fingerprint density at radius 2 is 1.71 bits per heavy atom. The summed E-state index contributed by atoms with van der Waals surface area (Å²) in [5.74, 6) is 0.713. The van der Waals surface area contributed by atoms with Gasteiger partial charge >= 0.3 is 0 Å². The van der Waals surface area contributed by atoms with Crippen LogP contribution in [0.25, 0.3) is 0 Å². The molecule has 2 aromatic carbocycles. The van der Waals surface area contributed by atoms with Crippen LogP contribution in [0.5, 0.6) is 5.75 Å². The fraction of sp³-hybridized carbons (Fsp3) is 0.235. The second-order valence-corrected chi connectivity index (χ2v) is 4.78. The van der Waals surface area contributed by atoms with E-state index in [0.717, 1.165) is 17.9 Å². The quantitative estimate of drug-likeness (QED) is 0.857. The Morgan fingerprint density at radius 1 is 1.10 bits per heavy atom. The number of ether oxygens (including phenoxy) is 1. The van der Waals surface area contributed by atoms with Gasteiger partial charge in [0.15, 0.2) is 0 Å². The van der Waals surface area contributed by atoms with E-state index >= 15 is 0 Å². The standard InChI is InChI=1S/C17H20N2O2/c1-3-12-19(15-8-6-14(18)7-9-15)17(20)13-4-10-16(21-2)11-5-13/h4-11H,3,12,18H2,1-2H3. The molecule has 0 heterocycles. The Morgan fingerprint density at radius 3 is 2.24 bits per heavy atom. The zero-order valence-electron chi connectivity index (χ0n) is 12.4. The smallest absolute Gasteiger partial charge is 0.258 e. The van der Waals surface area contributed by atoms with Gasteiger partial charge in [-0.05, 0) is 55.0 Å². The molecule has 0 aliphatic carbocycles. The van der Waals surface area contributed by atoms with Crippen LogP contribution < -0.4 is 15.4 Å². The van der Waals surface area contributed by atoms with Gasteiger partial charge in [0.05, 0.1) is 7.11 Å². The number of nitrogen functional groups attached to an aromatic ring is 1. The zero-order valence-corrected chi connectivity index (χ0v) is 12.4. The maximum atomic E-state index is 12.7. The number of carbonyl (C=O) groups is 1. The molecule has 0 aliphatic rings. The fourth-order valence-corrected chi connectivity index (χ4v) is 2.12. The minimum absolute atomic E-state index is 0.0238. The Kier molecular flexibility index (Phi) is 4.82. The molecule has 1 amide bonds. The minimum Gasteiger partial charge on any atom is -0.497 e. The predicted molar refractivity (Wildman–Crippen MR) is 85.8 cm³/mol. The Hall–Kier alpha value is -2.49. The van der Waals surface area contributed by atoms with Crippen molar-refractivity contribution in [1.82, 2.24) is 0 Å². The van der Waals surface area contributed by atoms with Crippen molar-refractivity contribution >= 4 is 17.3 Å². The normalized spacial score (nSPS) is 10.2. The van der Waals surface area contributed by atoms with E-state index in [9.17, 15) is 4.79 Å². The highest BCUT2D eigenvalue weighted by molar-refractivity contribution is 6.06. The van der Waals surface area contributed by atoms with E-state index in [1.807, 2.05) is 19.1 Å². The van der Waals surface area contributed by atoms with E-state index in [2.05, 4.69) is 0 Å². The summed E-state index contributed by atoms with van der Waals surface area (Å²) in [6.45, 7) is 2.71. The highest BCUT2D eigenvalue weighted by Crippen LogP contribution is 2.20. The van der Waals surface area contributed by atoms with Crippen molar-refractivity contribution in [1.29, 1.82) is 0 Å². The fourth-order valence-electron chi connectivity index (χ4n) is 2.12. The number of nitrogens with zero attached hydrogens (tertiary/aromatic N) is 1. The minimum atomic E-state index is -0.0238. The van der Waals surface area contributed by atoms with E-state index < -0.39 is 0 Å². The monoisotopic (exact) mass is 284 g/mol. The highest BCUT2D eigenvalue weighted by atomic mass is 16.5. The summed E-state index contributed by atoms with van der Waals surface area (Å²) in [5.41, 5.74) is 7.88. The SMILES string of the molecule is CCCN(C(=O)c1ccc(OC)cc1)c1ccc(N)cc1. The van der Waals surface area contributed by atoms with Gasteiger partial charge in [0, 0.05) is 23.5 Å². The number of carbonyl (C=O) groups excluding carboxylic acids is 1. The first-order valence-corrected chi connectivity index (χ1v) is 6.97. The van der Waals surface area contributed by atoms with Crippen molar-refractivity contribution in [3.63, 3.8) is 0 Å². The lowest BCUT2D eigenvalue weighted by Crippen LogP contribution is -2.31. The molecule has 0 aliphatic heterocycles. The van der Waals surface area contributed by atoms with Crippen molar-refractivity contribution in [3.05, 3.63) is 54.1 Å². The first-order valence-electron chi connectivity index (χ1n) is 6.97. The summed E-state index contributed by atoms with van der Waals surface area (Å²) in [6, 6.07) is 14.5. The van der Waals surface area contributed by atoms with Gasteiger partial charge in [0.2, 0.25) is 0 Å². The third kappa shape index (κ3) is 3.54. The predicted octanol–water partition coefficient (Wildman–Crippen LogP) is 3.33. The topological polar surface area (TPSA) is 55.6 Å². The van der Waals surface area contributed by atoms with Crippen LogP contribution >= 0.6 is 0 Å². The lowest BCUT2D eigenvalue weighted by Gasteiger charge is -2.22. The number of methoxy groups -OCH3 is 1. The number of hydrogen-bond donors (Lipinski definition) is 1. The molecule has 110 valence electrons. The highest BCUT2D eigenvalue weighted by Gasteiger charge is 2.16. The average Bonchev–Trinajstić information content (AvgIpc) is 2.53. The summed E-state index contributed by atoms with van der Waals surface area (Å²) in [4.78, 5) is 14.4. The van der Waals surface area contributed by atoms with Gasteiger partial charge < -0.3 is 15.4 Å². The Labute approximate surface area is 125 Å². The van der Waals surface area contributed by atoms with Crippen LogP contribution in [0.3, 0.4) is 0 Å². The van der Waals surface area contributed by atoms with Crippen molar-refractivity contribution < 1.29 is 9.53 Å². The number of benzene rings is 2. The second-order valence-electron chi connectivity index (χ2n) is 4.78. The third-order valence-corrected chi connectivity index (χ3v) is 3.23. The van der Waals surface area contributed by atoms with Gasteiger partial charge in [-0.2, -0.15) is 0 Å². The van der Waals surface area contributed by atoms with Crippen LogP contribution in [0.2, 0.25) is 0 Å². The van der Waals surface area contributed by atoms with Gasteiger partial charge in [0.25, 0.3) is 5.91 Å². The number of rotatable bonds is 5. The number of amides is 1. The molecular formula is C17H20N2O2. The van der Waals surface area contributed by atoms with Gasteiger partial charge in [-0.3, -0.25) is 4.79 Å². The summed E-state index contributed by atoms with van der Waals surface area (Å²) in [7, 11) is 1.61. The molecule has 0 fully saturated rings. The van der Waals surface area contributed by atoms with E-state index in [-0.39, 0.29) is 5.91 Å². The van der Waals surface area contributed by atoms with Gasteiger partial charge in [-0.25, -0.2) is 0 Å². The molecule has 0 atom stereocenters. The van der Waals surface area contributed by atoms with Gasteiger partial charge in [-0.15, -0.1) is 0 Å². The first-order chi connectivity index (χ1) is 10.2. The molecule has 0 saturated carbocycles. The second kappa shape index (κ2) is 6.79. The first kappa shape index (κ1) is 14.9. The summed E-state index contributed by atoms with van der Waals surface area (Å²) in [6.07, 6.45) is 0.881. The number of hydrogen-bond acceptors (Lipinski definition) is 3. The van der Waals surface area contributed by atoms with Crippen molar-refractivity contribution in [2.45, 2.75) is 13.3 Å². The van der Waals surface area contributed by atoms with Gasteiger partial charge in [0.1, 0.15) is 5.75 Å². The third-order valence-electron chi connectivity index (χ3n) is 3.23. The lowest BCUT2D eigenvalue weighted by molar-refractivity contribution is 0.0987. The molecule has 0 unspecified atom stereocenters. The molecule has 2 aromatic rings. The largest absolute Gasteiger partial charge is 0.497 e. The number of anilines is 2. The van der Waals surface area contributed by atoms with Crippen LogP contribution in [-0.2, 0) is 0 Å². The van der Waals surface area contributed by atoms with E-state index in [0.29, 0.717) is 17.8 Å². The maximum absolute atomic E-state index is 12.7. The summed E-state index contributed by atoms with van der Waals surface area (Å²) < 4.78 is 5.12. The molecule has 4 nitrogen and oxygen atoms in total. The molecule has 4 heteroatoms. The zero-order chi connectivity index (χ0) is 15.2. The lowest BCUT2D eigenvalue weighted by atomic mass is 10.1. The number of nitrogens with two attached hydrogens (primary N) is 1. The van der Waals surface area contributed by atoms with E-state index in [1.165, 1.54) is 0 Å². The molecule has 0 spiro atoms. The van der Waals surface area contributed by atoms with Gasteiger partial charge in [-0.1, -0.05) is 6.92 Å². The van der Waals surface area contributed by atoms with Crippen LogP contribution in [-0.4, -0.2) is 19.6 Å². The molecule has 2 rings (SSSR count). The molecule has 0 aromatic heterocycles. The molecule has 0 saturated heterocycles. The molecule has 0 bridgehead atoms. The van der Waals surface area contributed by atoms with Crippen LogP contribution in [0.1, 0.15) is 23.7 Å². The summed E-state index contributed by atoms with van der Waals surface area (Å²) >= 11 is 0. The molecule has 0 radical (unpaired) electrons. The van der Waals surface area contributed by atoms with E-state index in [4.69, 9.17) is 10.5 Å². The Bertz CT molecular complexity index is 591. The van der Waals surface area contributed by atoms with Crippen LogP contribution in [0.15, 0.2) is 48.5 Å².